The first-order chi connectivity index (χ1) is 12.5. The largest absolute Gasteiger partial charge is 0.359 e. The smallest absolute Gasteiger partial charge is 0.325 e. The Kier molecular flexibility index (Phi) is 4.88. The standard InChI is InChI=1S/C19H20FN3O3/c1-2-3-10-19(13-6-8-14(20)9-7-13)17(25)23(18(26)22-19)12-16(24)15-5-4-11-21-15/h4-9,11,21H,2-3,10,12H2,1H3,(H,22,26)/t19-/m1/s1. The first kappa shape index (κ1) is 17.8. The zero-order valence-electron chi connectivity index (χ0n) is 14.4. The van der Waals surface area contributed by atoms with Crippen LogP contribution in [0.15, 0.2) is 42.6 Å². The molecule has 136 valence electrons. The van der Waals surface area contributed by atoms with Crippen LogP contribution in [-0.2, 0) is 10.3 Å². The maximum absolute atomic E-state index is 13.3. The van der Waals surface area contributed by atoms with Crippen molar-refractivity contribution < 1.29 is 18.8 Å². The fourth-order valence-electron chi connectivity index (χ4n) is 3.19. The summed E-state index contributed by atoms with van der Waals surface area (Å²) in [5.74, 6) is -1.26. The molecule has 0 aliphatic carbocycles. The van der Waals surface area contributed by atoms with E-state index in [4.69, 9.17) is 0 Å². The molecule has 26 heavy (non-hydrogen) atoms. The summed E-state index contributed by atoms with van der Waals surface area (Å²) in [5.41, 5.74) is -0.421. The minimum Gasteiger partial charge on any atom is -0.359 e. The van der Waals surface area contributed by atoms with Crippen LogP contribution in [0.3, 0.4) is 0 Å². The summed E-state index contributed by atoms with van der Waals surface area (Å²) in [6.07, 6.45) is 3.51. The number of halogens is 1. The van der Waals surface area contributed by atoms with Gasteiger partial charge in [-0.05, 0) is 36.2 Å². The van der Waals surface area contributed by atoms with Crippen molar-refractivity contribution in [2.45, 2.75) is 31.7 Å². The van der Waals surface area contributed by atoms with Crippen LogP contribution in [0.4, 0.5) is 9.18 Å². The molecule has 1 saturated heterocycles. The van der Waals surface area contributed by atoms with E-state index in [9.17, 15) is 18.8 Å². The summed E-state index contributed by atoms with van der Waals surface area (Å²) in [7, 11) is 0. The van der Waals surface area contributed by atoms with E-state index in [1.165, 1.54) is 24.3 Å². The Morgan fingerprint density at radius 2 is 1.92 bits per heavy atom. The fraction of sp³-hybridized carbons (Fsp3) is 0.316. The molecule has 0 bridgehead atoms. The Morgan fingerprint density at radius 1 is 1.19 bits per heavy atom. The number of rotatable bonds is 7. The number of imide groups is 1. The molecule has 3 rings (SSSR count). The van der Waals surface area contributed by atoms with Gasteiger partial charge in [-0.15, -0.1) is 0 Å². The number of benzene rings is 1. The molecule has 2 N–H and O–H groups in total. The molecule has 0 unspecified atom stereocenters. The average molecular weight is 357 g/mol. The molecule has 1 aliphatic rings. The molecular weight excluding hydrogens is 337 g/mol. The van der Waals surface area contributed by atoms with Crippen LogP contribution in [0.2, 0.25) is 0 Å². The first-order valence-corrected chi connectivity index (χ1v) is 8.54. The van der Waals surface area contributed by atoms with E-state index < -0.39 is 23.3 Å². The number of aromatic amines is 1. The normalized spacial score (nSPS) is 19.7. The van der Waals surface area contributed by atoms with Crippen molar-refractivity contribution in [2.75, 3.05) is 6.54 Å². The highest BCUT2D eigenvalue weighted by atomic mass is 19.1. The number of unbranched alkanes of at least 4 members (excludes halogenated alkanes) is 1. The van der Waals surface area contributed by atoms with Gasteiger partial charge >= 0.3 is 6.03 Å². The van der Waals surface area contributed by atoms with Crippen LogP contribution >= 0.6 is 0 Å². The number of nitrogens with one attached hydrogen (secondary N) is 2. The van der Waals surface area contributed by atoms with E-state index in [1.54, 1.807) is 18.3 Å². The van der Waals surface area contributed by atoms with Crippen molar-refractivity contribution in [1.82, 2.24) is 15.2 Å². The van der Waals surface area contributed by atoms with Crippen molar-refractivity contribution in [1.29, 1.82) is 0 Å². The first-order valence-electron chi connectivity index (χ1n) is 8.54. The van der Waals surface area contributed by atoms with Gasteiger partial charge in [-0.25, -0.2) is 9.18 Å². The van der Waals surface area contributed by atoms with Crippen molar-refractivity contribution in [3.63, 3.8) is 0 Å². The molecule has 1 aromatic heterocycles. The van der Waals surface area contributed by atoms with Gasteiger partial charge in [-0.1, -0.05) is 31.9 Å². The number of ketones is 1. The van der Waals surface area contributed by atoms with Crippen molar-refractivity contribution in [3.05, 3.63) is 59.7 Å². The van der Waals surface area contributed by atoms with Crippen molar-refractivity contribution in [3.8, 4) is 0 Å². The quantitative estimate of drug-likeness (QED) is 0.590. The lowest BCUT2D eigenvalue weighted by molar-refractivity contribution is -0.131. The lowest BCUT2D eigenvalue weighted by Crippen LogP contribution is -2.44. The summed E-state index contributed by atoms with van der Waals surface area (Å²) < 4.78 is 13.3. The summed E-state index contributed by atoms with van der Waals surface area (Å²) in [4.78, 5) is 41.6. The molecule has 2 aromatic rings. The summed E-state index contributed by atoms with van der Waals surface area (Å²) in [6.45, 7) is 1.63. The molecular formula is C19H20FN3O3. The highest BCUT2D eigenvalue weighted by Gasteiger charge is 2.52. The number of urea groups is 1. The molecule has 0 saturated carbocycles. The number of H-pyrrole nitrogens is 1. The molecule has 7 heteroatoms. The van der Waals surface area contributed by atoms with Gasteiger partial charge in [0.05, 0.1) is 12.2 Å². The van der Waals surface area contributed by atoms with E-state index in [-0.39, 0.29) is 12.3 Å². The van der Waals surface area contributed by atoms with Gasteiger partial charge in [0.25, 0.3) is 5.91 Å². The second-order valence-electron chi connectivity index (χ2n) is 6.34. The summed E-state index contributed by atoms with van der Waals surface area (Å²) >= 11 is 0. The van der Waals surface area contributed by atoms with E-state index in [0.717, 1.165) is 11.3 Å². The molecule has 1 aromatic carbocycles. The second kappa shape index (κ2) is 7.11. The number of aromatic nitrogens is 1. The highest BCUT2D eigenvalue weighted by Crippen LogP contribution is 2.34. The lowest BCUT2D eigenvalue weighted by Gasteiger charge is -2.27. The Labute approximate surface area is 150 Å². The molecule has 6 nitrogen and oxygen atoms in total. The van der Waals surface area contributed by atoms with E-state index >= 15 is 0 Å². The predicted octanol–water partition coefficient (Wildman–Crippen LogP) is 2.97. The molecule has 1 atom stereocenters. The van der Waals surface area contributed by atoms with Crippen LogP contribution in [0.1, 0.15) is 42.2 Å². The third kappa shape index (κ3) is 3.12. The summed E-state index contributed by atoms with van der Waals surface area (Å²) in [5, 5.41) is 2.74. The molecule has 0 radical (unpaired) electrons. The minimum atomic E-state index is -1.27. The van der Waals surface area contributed by atoms with Crippen LogP contribution in [0, 0.1) is 5.82 Å². The van der Waals surface area contributed by atoms with Gasteiger partial charge in [0.15, 0.2) is 5.78 Å². The number of carbonyl (C=O) groups excluding carboxylic acids is 3. The highest BCUT2D eigenvalue weighted by molar-refractivity contribution is 6.11. The predicted molar refractivity (Wildman–Crippen MR) is 93.0 cm³/mol. The maximum atomic E-state index is 13.3. The molecule has 2 heterocycles. The van der Waals surface area contributed by atoms with Crippen molar-refractivity contribution >= 4 is 17.7 Å². The van der Waals surface area contributed by atoms with Gasteiger partial charge in [0.1, 0.15) is 11.4 Å². The lowest BCUT2D eigenvalue weighted by atomic mass is 9.84. The van der Waals surface area contributed by atoms with Crippen LogP contribution < -0.4 is 5.32 Å². The van der Waals surface area contributed by atoms with Crippen molar-refractivity contribution in [2.24, 2.45) is 0 Å². The van der Waals surface area contributed by atoms with Gasteiger partial charge in [-0.2, -0.15) is 0 Å². The molecule has 1 aliphatic heterocycles. The monoisotopic (exact) mass is 357 g/mol. The zero-order valence-corrected chi connectivity index (χ0v) is 14.4. The number of Topliss-reactive ketones (excluding diaryl/α,β-unsaturated/α-hetero) is 1. The van der Waals surface area contributed by atoms with Crippen LogP contribution in [0.5, 0.6) is 0 Å². The maximum Gasteiger partial charge on any atom is 0.325 e. The van der Waals surface area contributed by atoms with Gasteiger partial charge in [0, 0.05) is 6.20 Å². The summed E-state index contributed by atoms with van der Waals surface area (Å²) in [6, 6.07) is 8.16. The number of hydrogen-bond acceptors (Lipinski definition) is 3. The Morgan fingerprint density at radius 3 is 2.54 bits per heavy atom. The Hall–Kier alpha value is -2.96. The third-order valence-corrected chi connectivity index (χ3v) is 4.62. The molecule has 0 spiro atoms. The number of nitrogens with zero attached hydrogens (tertiary/aromatic N) is 1. The van der Waals surface area contributed by atoms with Crippen LogP contribution in [0.25, 0.3) is 0 Å². The Balaban J connectivity index is 1.91. The molecule has 1 fully saturated rings. The average Bonchev–Trinajstić information content (AvgIpc) is 3.24. The Bertz CT molecular complexity index is 817. The number of amides is 3. The second-order valence-corrected chi connectivity index (χ2v) is 6.34. The number of hydrogen-bond donors (Lipinski definition) is 2. The minimum absolute atomic E-state index is 0.332. The van der Waals surface area contributed by atoms with Gasteiger partial charge in [-0.3, -0.25) is 14.5 Å². The fourth-order valence-corrected chi connectivity index (χ4v) is 3.19. The van der Waals surface area contributed by atoms with Crippen LogP contribution in [-0.4, -0.2) is 34.2 Å². The van der Waals surface area contributed by atoms with E-state index in [1.807, 2.05) is 6.92 Å². The molecule has 3 amide bonds. The van der Waals surface area contributed by atoms with Gasteiger partial charge < -0.3 is 10.3 Å². The SMILES string of the molecule is CCCC[C@]1(c2ccc(F)cc2)NC(=O)N(CC(=O)c2ccc[nH]2)C1=O. The topological polar surface area (TPSA) is 82.3 Å². The number of carbonyl (C=O) groups is 3. The zero-order chi connectivity index (χ0) is 18.7. The third-order valence-electron chi connectivity index (χ3n) is 4.62. The van der Waals surface area contributed by atoms with Gasteiger partial charge in [0.2, 0.25) is 0 Å². The van der Waals surface area contributed by atoms with E-state index in [2.05, 4.69) is 10.3 Å². The van der Waals surface area contributed by atoms with E-state index in [0.29, 0.717) is 24.1 Å².